The maximum atomic E-state index is 14.3. The lowest BCUT2D eigenvalue weighted by molar-refractivity contribution is -0.291. The van der Waals surface area contributed by atoms with Crippen LogP contribution in [-0.2, 0) is 24.5 Å². The zero-order valence-corrected chi connectivity index (χ0v) is 15.1. The number of rotatable bonds is 2. The van der Waals surface area contributed by atoms with Crippen LogP contribution in [0.5, 0.6) is 0 Å². The Morgan fingerprint density at radius 1 is 0.774 bits per heavy atom. The van der Waals surface area contributed by atoms with Crippen LogP contribution in [0.15, 0.2) is 29.8 Å². The van der Waals surface area contributed by atoms with Crippen LogP contribution in [0, 0.1) is 11.8 Å². The summed E-state index contributed by atoms with van der Waals surface area (Å²) >= 11 is 0. The van der Waals surface area contributed by atoms with E-state index in [1.54, 1.807) is 0 Å². The number of halogens is 6. The molecule has 2 aliphatic heterocycles. The second-order valence-corrected chi connectivity index (χ2v) is 7.31. The first-order chi connectivity index (χ1) is 14.3. The van der Waals surface area contributed by atoms with Crippen molar-refractivity contribution in [2.45, 2.75) is 30.6 Å². The number of hydrogen-bond donors (Lipinski definition) is 0. The number of carbonyl (C=O) groups is 4. The van der Waals surface area contributed by atoms with Gasteiger partial charge in [-0.25, -0.2) is 9.59 Å². The summed E-state index contributed by atoms with van der Waals surface area (Å²) in [6.45, 7) is 0. The van der Waals surface area contributed by atoms with Crippen LogP contribution in [0.25, 0.3) is 0 Å². The zero-order chi connectivity index (χ0) is 22.9. The molecule has 0 radical (unpaired) electrons. The minimum absolute atomic E-state index is 0.328. The molecular weight excluding hydrogens is 438 g/mol. The molecule has 2 heterocycles. The van der Waals surface area contributed by atoms with Crippen LogP contribution in [0.1, 0.15) is 39.1 Å². The average Bonchev–Trinajstić information content (AvgIpc) is 3.09. The minimum atomic E-state index is -5.95. The fraction of sp³-hybridized carbons (Fsp3) is 0.368. The highest BCUT2D eigenvalue weighted by Gasteiger charge is 2.74. The molecule has 4 rings (SSSR count). The summed E-state index contributed by atoms with van der Waals surface area (Å²) in [5.41, 5.74) is -8.34. The molecule has 0 N–H and O–H groups in total. The standard InChI is InChI=1S/C19H10F6O6/c20-18(21,22)17(19(23,24)25,7-1-3-9-11(5-7)15(28)30-13(9)26)8-2-4-10-12(6-8)16(29)31-14(10)27/h1-3,5,10,12H,4,6H2. The zero-order valence-electron chi connectivity index (χ0n) is 15.1. The summed E-state index contributed by atoms with van der Waals surface area (Å²) in [6.07, 6.45) is -12.8. The maximum Gasteiger partial charge on any atom is 0.410 e. The van der Waals surface area contributed by atoms with E-state index in [1.807, 2.05) is 0 Å². The van der Waals surface area contributed by atoms with Crippen molar-refractivity contribution in [3.63, 3.8) is 0 Å². The fourth-order valence-electron chi connectivity index (χ4n) is 4.32. The van der Waals surface area contributed by atoms with E-state index < -0.39 is 88.6 Å². The Kier molecular flexibility index (Phi) is 4.36. The molecule has 31 heavy (non-hydrogen) atoms. The summed E-state index contributed by atoms with van der Waals surface area (Å²) < 4.78 is 94.2. The van der Waals surface area contributed by atoms with E-state index in [0.717, 1.165) is 0 Å². The van der Waals surface area contributed by atoms with Gasteiger partial charge in [-0.1, -0.05) is 12.1 Å². The number of hydrogen-bond acceptors (Lipinski definition) is 6. The third kappa shape index (κ3) is 2.80. The van der Waals surface area contributed by atoms with E-state index in [0.29, 0.717) is 24.3 Å². The lowest BCUT2D eigenvalue weighted by atomic mass is 9.65. The van der Waals surface area contributed by atoms with Gasteiger partial charge in [-0.15, -0.1) is 0 Å². The SMILES string of the molecule is O=C1OC(=O)c2cc(C(C3=CCC4C(=O)OC(=O)C4C3)(C(F)(F)F)C(F)(F)F)ccc21. The minimum Gasteiger partial charge on any atom is -0.393 e. The molecule has 12 heteroatoms. The van der Waals surface area contributed by atoms with Crippen LogP contribution in [-0.4, -0.2) is 36.2 Å². The molecule has 6 nitrogen and oxygen atoms in total. The van der Waals surface area contributed by atoms with Crippen molar-refractivity contribution in [2.24, 2.45) is 11.8 Å². The van der Waals surface area contributed by atoms with E-state index >= 15 is 0 Å². The molecule has 1 aliphatic carbocycles. The van der Waals surface area contributed by atoms with E-state index in [4.69, 9.17) is 0 Å². The predicted molar refractivity (Wildman–Crippen MR) is 85.4 cm³/mol. The van der Waals surface area contributed by atoms with Crippen LogP contribution in [0.2, 0.25) is 0 Å². The first kappa shape index (κ1) is 21.1. The van der Waals surface area contributed by atoms with Gasteiger partial charge in [0, 0.05) is 0 Å². The van der Waals surface area contributed by atoms with Gasteiger partial charge in [0.25, 0.3) is 0 Å². The first-order valence-corrected chi connectivity index (χ1v) is 8.78. The third-order valence-corrected chi connectivity index (χ3v) is 5.76. The summed E-state index contributed by atoms with van der Waals surface area (Å²) in [5.74, 6) is -7.41. The lowest BCUT2D eigenvalue weighted by Crippen LogP contribution is -2.56. The van der Waals surface area contributed by atoms with Crippen LogP contribution >= 0.6 is 0 Å². The van der Waals surface area contributed by atoms with Gasteiger partial charge >= 0.3 is 36.2 Å². The molecule has 2 unspecified atom stereocenters. The van der Waals surface area contributed by atoms with E-state index in [1.165, 1.54) is 0 Å². The summed E-state index contributed by atoms with van der Waals surface area (Å²) in [6, 6.07) is 1.43. The molecule has 2 atom stereocenters. The molecule has 164 valence electrons. The molecule has 0 aromatic heterocycles. The van der Waals surface area contributed by atoms with E-state index in [2.05, 4.69) is 9.47 Å². The van der Waals surface area contributed by atoms with Crippen molar-refractivity contribution >= 4 is 23.9 Å². The number of cyclic esters (lactones) is 4. The molecule has 0 spiro atoms. The highest BCUT2D eigenvalue weighted by Crippen LogP contribution is 2.59. The van der Waals surface area contributed by atoms with Crippen molar-refractivity contribution in [1.29, 1.82) is 0 Å². The Balaban J connectivity index is 1.95. The Labute approximate surface area is 168 Å². The number of esters is 4. The number of carbonyl (C=O) groups excluding carboxylic acids is 4. The second kappa shape index (κ2) is 6.41. The Bertz CT molecular complexity index is 1050. The summed E-state index contributed by atoms with van der Waals surface area (Å²) in [5, 5.41) is 0. The number of ether oxygens (including phenoxy) is 2. The topological polar surface area (TPSA) is 86.7 Å². The highest BCUT2D eigenvalue weighted by molar-refractivity contribution is 6.14. The predicted octanol–water partition coefficient (Wildman–Crippen LogP) is 3.40. The van der Waals surface area contributed by atoms with Gasteiger partial charge < -0.3 is 9.47 Å². The monoisotopic (exact) mass is 448 g/mol. The largest absolute Gasteiger partial charge is 0.410 e. The van der Waals surface area contributed by atoms with Crippen molar-refractivity contribution in [3.8, 4) is 0 Å². The van der Waals surface area contributed by atoms with Gasteiger partial charge in [0.05, 0.1) is 23.0 Å². The summed E-state index contributed by atoms with van der Waals surface area (Å²) in [4.78, 5) is 46.7. The normalized spacial score (nSPS) is 23.9. The molecular formula is C19H10F6O6. The second-order valence-electron chi connectivity index (χ2n) is 7.31. The van der Waals surface area contributed by atoms with Gasteiger partial charge in [0.15, 0.2) is 0 Å². The van der Waals surface area contributed by atoms with Gasteiger partial charge in [0.1, 0.15) is 0 Å². The average molecular weight is 448 g/mol. The molecule has 1 aromatic rings. The van der Waals surface area contributed by atoms with Crippen molar-refractivity contribution < 1.29 is 55.0 Å². The molecule has 1 saturated heterocycles. The maximum absolute atomic E-state index is 14.3. The number of alkyl halides is 6. The number of benzene rings is 1. The fourth-order valence-corrected chi connectivity index (χ4v) is 4.32. The Morgan fingerprint density at radius 3 is 1.97 bits per heavy atom. The van der Waals surface area contributed by atoms with Crippen LogP contribution in [0.4, 0.5) is 26.3 Å². The number of fused-ring (bicyclic) bond motifs is 2. The highest BCUT2D eigenvalue weighted by atomic mass is 19.4. The third-order valence-electron chi connectivity index (χ3n) is 5.76. The van der Waals surface area contributed by atoms with Crippen molar-refractivity contribution in [3.05, 3.63) is 46.5 Å². The Hall–Kier alpha value is -3.18. The van der Waals surface area contributed by atoms with Crippen LogP contribution in [0.3, 0.4) is 0 Å². The van der Waals surface area contributed by atoms with Gasteiger partial charge in [-0.2, -0.15) is 26.3 Å². The Morgan fingerprint density at radius 2 is 1.35 bits per heavy atom. The van der Waals surface area contributed by atoms with Crippen LogP contribution < -0.4 is 0 Å². The van der Waals surface area contributed by atoms with Gasteiger partial charge in [-0.05, 0) is 36.1 Å². The molecule has 0 bridgehead atoms. The quantitative estimate of drug-likeness (QED) is 0.298. The van der Waals surface area contributed by atoms with Crippen molar-refractivity contribution in [2.75, 3.05) is 0 Å². The van der Waals surface area contributed by atoms with E-state index in [-0.39, 0.29) is 0 Å². The molecule has 1 aromatic carbocycles. The molecule has 1 fully saturated rings. The lowest BCUT2D eigenvalue weighted by Gasteiger charge is -2.42. The van der Waals surface area contributed by atoms with Gasteiger partial charge in [0.2, 0.25) is 5.41 Å². The first-order valence-electron chi connectivity index (χ1n) is 8.78. The molecule has 3 aliphatic rings. The number of allylic oxidation sites excluding steroid dienone is 2. The van der Waals surface area contributed by atoms with Gasteiger partial charge in [-0.3, -0.25) is 9.59 Å². The van der Waals surface area contributed by atoms with E-state index in [9.17, 15) is 45.5 Å². The smallest absolute Gasteiger partial charge is 0.393 e. The molecule has 0 saturated carbocycles. The van der Waals surface area contributed by atoms with Crippen molar-refractivity contribution in [1.82, 2.24) is 0 Å². The summed E-state index contributed by atoms with van der Waals surface area (Å²) in [7, 11) is 0. The molecule has 0 amide bonds.